The molecule has 0 atom stereocenters. The molecule has 0 spiro atoms. The van der Waals surface area contributed by atoms with Gasteiger partial charge in [-0.15, -0.1) is 4.40 Å². The SMILES string of the molecule is O=S1(=O)N=C(I)c2occc21. The topological polar surface area (TPSA) is 59.6 Å². The van der Waals surface area contributed by atoms with E-state index in [2.05, 4.69) is 4.40 Å². The van der Waals surface area contributed by atoms with Crippen LogP contribution in [0.5, 0.6) is 0 Å². The third kappa shape index (κ3) is 0.924. The van der Waals surface area contributed by atoms with E-state index in [-0.39, 0.29) is 4.90 Å². The van der Waals surface area contributed by atoms with Crippen molar-refractivity contribution < 1.29 is 12.8 Å². The molecule has 0 amide bonds. The van der Waals surface area contributed by atoms with Crippen molar-refractivity contribution in [1.29, 1.82) is 0 Å². The Labute approximate surface area is 76.5 Å². The zero-order valence-electron chi connectivity index (χ0n) is 5.11. The molecule has 1 aliphatic rings. The molecule has 0 bridgehead atoms. The van der Waals surface area contributed by atoms with E-state index in [1.54, 1.807) is 0 Å². The Bertz CT molecular complexity index is 430. The highest BCUT2D eigenvalue weighted by atomic mass is 127. The second-order valence-electron chi connectivity index (χ2n) is 1.97. The van der Waals surface area contributed by atoms with Crippen LogP contribution >= 0.6 is 22.6 Å². The van der Waals surface area contributed by atoms with Crippen molar-refractivity contribution >= 4 is 36.3 Å². The second kappa shape index (κ2) is 2.07. The Morgan fingerprint density at radius 3 is 2.91 bits per heavy atom. The van der Waals surface area contributed by atoms with Gasteiger partial charge in [-0.25, -0.2) is 0 Å². The molecule has 6 heteroatoms. The van der Waals surface area contributed by atoms with E-state index in [0.29, 0.717) is 9.48 Å². The van der Waals surface area contributed by atoms with E-state index in [4.69, 9.17) is 4.42 Å². The summed E-state index contributed by atoms with van der Waals surface area (Å²) in [5.41, 5.74) is 0. The fourth-order valence-corrected chi connectivity index (χ4v) is 3.22. The highest BCUT2D eigenvalue weighted by Gasteiger charge is 2.30. The van der Waals surface area contributed by atoms with Gasteiger partial charge in [-0.3, -0.25) is 0 Å². The maximum atomic E-state index is 11.1. The Morgan fingerprint density at radius 2 is 2.27 bits per heavy atom. The first-order valence-electron chi connectivity index (χ1n) is 2.69. The highest BCUT2D eigenvalue weighted by Crippen LogP contribution is 2.29. The predicted octanol–water partition coefficient (Wildman–Crippen LogP) is 1.16. The summed E-state index contributed by atoms with van der Waals surface area (Å²) < 4.78 is 30.9. The lowest BCUT2D eigenvalue weighted by Crippen LogP contribution is -1.88. The fourth-order valence-electron chi connectivity index (χ4n) is 0.847. The molecule has 0 N–H and O–H groups in total. The molecular weight excluding hydrogens is 281 g/mol. The van der Waals surface area contributed by atoms with Gasteiger partial charge in [-0.2, -0.15) is 8.42 Å². The molecule has 1 aliphatic heterocycles. The highest BCUT2D eigenvalue weighted by molar-refractivity contribution is 14.1. The van der Waals surface area contributed by atoms with Gasteiger partial charge < -0.3 is 4.42 Å². The lowest BCUT2D eigenvalue weighted by Gasteiger charge is -1.82. The second-order valence-corrected chi connectivity index (χ2v) is 4.57. The van der Waals surface area contributed by atoms with Crippen LogP contribution in [0, 0.1) is 0 Å². The molecule has 0 saturated carbocycles. The summed E-state index contributed by atoms with van der Waals surface area (Å²) in [5.74, 6) is 0.352. The summed E-state index contributed by atoms with van der Waals surface area (Å²) in [4.78, 5) is 0.168. The molecule has 0 fully saturated rings. The average molecular weight is 283 g/mol. The van der Waals surface area contributed by atoms with Gasteiger partial charge in [0.25, 0.3) is 10.0 Å². The lowest BCUT2D eigenvalue weighted by atomic mass is 10.5. The van der Waals surface area contributed by atoms with Crippen molar-refractivity contribution in [2.75, 3.05) is 0 Å². The largest absolute Gasteiger partial charge is 0.461 e. The van der Waals surface area contributed by atoms with Crippen LogP contribution in [-0.2, 0) is 10.0 Å². The molecule has 1 aromatic heterocycles. The number of halogens is 1. The van der Waals surface area contributed by atoms with Crippen LogP contribution in [-0.4, -0.2) is 12.1 Å². The molecule has 58 valence electrons. The van der Waals surface area contributed by atoms with E-state index in [1.165, 1.54) is 12.3 Å². The smallest absolute Gasteiger partial charge is 0.287 e. The summed E-state index contributed by atoms with van der Waals surface area (Å²) in [5, 5.41) is 0. The van der Waals surface area contributed by atoms with Gasteiger partial charge in [-0.1, -0.05) is 0 Å². The van der Waals surface area contributed by atoms with Gasteiger partial charge in [0.15, 0.2) is 9.48 Å². The Hall–Kier alpha value is -0.370. The number of nitrogens with zero attached hydrogens (tertiary/aromatic N) is 1. The van der Waals surface area contributed by atoms with Crippen LogP contribution in [0.2, 0.25) is 0 Å². The van der Waals surface area contributed by atoms with E-state index in [0.717, 1.165) is 0 Å². The van der Waals surface area contributed by atoms with E-state index < -0.39 is 10.0 Å². The summed E-state index contributed by atoms with van der Waals surface area (Å²) in [7, 11) is -3.42. The Balaban J connectivity index is 2.87. The van der Waals surface area contributed by atoms with E-state index in [9.17, 15) is 8.42 Å². The van der Waals surface area contributed by atoms with Crippen molar-refractivity contribution in [3.8, 4) is 0 Å². The third-order valence-electron chi connectivity index (χ3n) is 1.29. The van der Waals surface area contributed by atoms with Gasteiger partial charge in [0.05, 0.1) is 6.26 Å². The van der Waals surface area contributed by atoms with Gasteiger partial charge >= 0.3 is 0 Å². The number of hydrogen-bond acceptors (Lipinski definition) is 3. The number of sulfonamides is 1. The molecule has 2 rings (SSSR count). The van der Waals surface area contributed by atoms with Crippen LogP contribution in [0.25, 0.3) is 0 Å². The monoisotopic (exact) mass is 283 g/mol. The molecule has 0 radical (unpaired) electrons. The van der Waals surface area contributed by atoms with Crippen LogP contribution in [0.1, 0.15) is 5.76 Å². The first-order chi connectivity index (χ1) is 5.11. The fraction of sp³-hybridized carbons (Fsp3) is 0. The molecule has 2 heterocycles. The summed E-state index contributed by atoms with van der Waals surface area (Å²) in [6.45, 7) is 0. The Kier molecular flexibility index (Phi) is 1.37. The van der Waals surface area contributed by atoms with Crippen LogP contribution < -0.4 is 0 Å². The van der Waals surface area contributed by atoms with E-state index >= 15 is 0 Å². The molecule has 0 aromatic carbocycles. The number of furan rings is 1. The molecule has 0 aliphatic carbocycles. The first-order valence-corrected chi connectivity index (χ1v) is 5.21. The van der Waals surface area contributed by atoms with Crippen molar-refractivity contribution in [3.63, 3.8) is 0 Å². The first kappa shape index (κ1) is 7.29. The molecule has 0 saturated heterocycles. The summed E-state index contributed by atoms with van der Waals surface area (Å²) in [6, 6.07) is 1.40. The summed E-state index contributed by atoms with van der Waals surface area (Å²) in [6.07, 6.45) is 1.34. The number of rotatable bonds is 0. The van der Waals surface area contributed by atoms with Crippen molar-refractivity contribution in [1.82, 2.24) is 0 Å². The zero-order valence-corrected chi connectivity index (χ0v) is 8.09. The molecule has 0 unspecified atom stereocenters. The normalized spacial score (nSPS) is 19.5. The quantitative estimate of drug-likeness (QED) is 0.671. The van der Waals surface area contributed by atoms with Crippen molar-refractivity contribution in [2.45, 2.75) is 4.90 Å². The van der Waals surface area contributed by atoms with Crippen molar-refractivity contribution in [2.24, 2.45) is 4.40 Å². The third-order valence-corrected chi connectivity index (χ3v) is 3.65. The summed E-state index contributed by atoms with van der Waals surface area (Å²) >= 11 is 1.82. The minimum atomic E-state index is -3.42. The van der Waals surface area contributed by atoms with Crippen LogP contribution in [0.15, 0.2) is 26.0 Å². The van der Waals surface area contributed by atoms with Gasteiger partial charge in [0.1, 0.15) is 4.90 Å². The standard InChI is InChI=1S/C5H2INO3S/c6-5-4-3(1-2-10-4)11(8,9)7-5/h1-2H. The van der Waals surface area contributed by atoms with Crippen LogP contribution in [0.4, 0.5) is 0 Å². The number of hydrogen-bond donors (Lipinski definition) is 0. The van der Waals surface area contributed by atoms with Gasteiger partial charge in [0.2, 0.25) is 0 Å². The van der Waals surface area contributed by atoms with Gasteiger partial charge in [0, 0.05) is 0 Å². The van der Waals surface area contributed by atoms with Gasteiger partial charge in [-0.05, 0) is 28.7 Å². The van der Waals surface area contributed by atoms with E-state index in [1.807, 2.05) is 22.6 Å². The lowest BCUT2D eigenvalue weighted by molar-refractivity contribution is 0.552. The molecule has 1 aromatic rings. The molecular formula is C5H2INO3S. The molecule has 4 nitrogen and oxygen atoms in total. The maximum Gasteiger partial charge on any atom is 0.287 e. The minimum absolute atomic E-state index is 0.168. The maximum absolute atomic E-state index is 11.1. The molecule has 11 heavy (non-hydrogen) atoms. The van der Waals surface area contributed by atoms with Crippen LogP contribution in [0.3, 0.4) is 0 Å². The zero-order chi connectivity index (χ0) is 8.06. The average Bonchev–Trinajstić information content (AvgIpc) is 2.37. The number of fused-ring (bicyclic) bond motifs is 1. The minimum Gasteiger partial charge on any atom is -0.461 e. The Morgan fingerprint density at radius 1 is 1.55 bits per heavy atom. The van der Waals surface area contributed by atoms with Crippen molar-refractivity contribution in [3.05, 3.63) is 18.1 Å². The predicted molar refractivity (Wildman–Crippen MR) is 46.5 cm³/mol.